The number of methoxy groups -OCH3 is 1. The first-order valence-corrected chi connectivity index (χ1v) is 15.4. The van der Waals surface area contributed by atoms with Crippen LogP contribution in [0.15, 0.2) is 48.5 Å². The van der Waals surface area contributed by atoms with Crippen LogP contribution in [0.4, 0.5) is 21.5 Å². The van der Waals surface area contributed by atoms with Gasteiger partial charge in [-0.2, -0.15) is 0 Å². The molecular weight excluding hydrogens is 626 g/mol. The van der Waals surface area contributed by atoms with Gasteiger partial charge < -0.3 is 20.5 Å². The van der Waals surface area contributed by atoms with E-state index in [1.807, 2.05) is 0 Å². The van der Waals surface area contributed by atoms with Gasteiger partial charge in [0.2, 0.25) is 5.91 Å². The zero-order valence-corrected chi connectivity index (χ0v) is 25.8. The first-order chi connectivity index (χ1) is 21.6. The van der Waals surface area contributed by atoms with Crippen molar-refractivity contribution in [3.8, 4) is 0 Å². The molecule has 10 nitrogen and oxygen atoms in total. The smallest absolute Gasteiger partial charge is 0.337 e. The highest BCUT2D eigenvalue weighted by molar-refractivity contribution is 6.31. The second kappa shape index (κ2) is 12.2. The number of nitrogens with zero attached hydrogens (tertiary/aromatic N) is 2. The van der Waals surface area contributed by atoms with Crippen molar-refractivity contribution in [3.63, 3.8) is 0 Å². The summed E-state index contributed by atoms with van der Waals surface area (Å²) in [4.78, 5) is 39.9. The number of hydrogen-bond donors (Lipinski definition) is 3. The number of anilines is 2. The van der Waals surface area contributed by atoms with E-state index in [2.05, 4.69) is 15.5 Å². The van der Waals surface area contributed by atoms with E-state index in [9.17, 15) is 24.8 Å². The van der Waals surface area contributed by atoms with Crippen molar-refractivity contribution in [1.82, 2.24) is 4.90 Å². The van der Waals surface area contributed by atoms with E-state index in [4.69, 9.17) is 27.9 Å². The summed E-state index contributed by atoms with van der Waals surface area (Å²) in [6.07, 6.45) is 2.74. The number of carbonyl (C=O) groups is 2. The monoisotopic (exact) mass is 656 g/mol. The van der Waals surface area contributed by atoms with Crippen LogP contribution in [0.5, 0.6) is 0 Å². The predicted molar refractivity (Wildman–Crippen MR) is 167 cm³/mol. The van der Waals surface area contributed by atoms with Gasteiger partial charge in [-0.15, -0.1) is 0 Å². The first kappa shape index (κ1) is 31.2. The molecule has 3 aliphatic rings. The van der Waals surface area contributed by atoms with Crippen molar-refractivity contribution in [1.29, 1.82) is 0 Å². The average Bonchev–Trinajstić information content (AvgIpc) is 3.73. The van der Waals surface area contributed by atoms with Crippen LogP contribution in [-0.2, 0) is 21.6 Å². The van der Waals surface area contributed by atoms with Gasteiger partial charge in [-0.25, -0.2) is 9.18 Å². The molecule has 3 atom stereocenters. The van der Waals surface area contributed by atoms with Crippen molar-refractivity contribution in [3.05, 3.63) is 96.8 Å². The predicted octanol–water partition coefficient (Wildman–Crippen LogP) is 6.24. The van der Waals surface area contributed by atoms with Gasteiger partial charge >= 0.3 is 5.97 Å². The Morgan fingerprint density at radius 1 is 1.22 bits per heavy atom. The van der Waals surface area contributed by atoms with Crippen LogP contribution in [-0.4, -0.2) is 53.1 Å². The summed E-state index contributed by atoms with van der Waals surface area (Å²) < 4.78 is 21.2. The van der Waals surface area contributed by atoms with Crippen LogP contribution < -0.4 is 10.6 Å². The van der Waals surface area contributed by atoms with Crippen LogP contribution in [0, 0.1) is 21.8 Å². The van der Waals surface area contributed by atoms with Gasteiger partial charge in [0.15, 0.2) is 0 Å². The van der Waals surface area contributed by atoms with Crippen LogP contribution >= 0.6 is 23.2 Å². The summed E-state index contributed by atoms with van der Waals surface area (Å²) in [5.41, 5.74) is 0.392. The molecule has 0 radical (unpaired) electrons. The summed E-state index contributed by atoms with van der Waals surface area (Å²) >= 11 is 12.7. The molecule has 2 fully saturated rings. The van der Waals surface area contributed by atoms with Gasteiger partial charge in [0, 0.05) is 70.8 Å². The van der Waals surface area contributed by atoms with Crippen molar-refractivity contribution >= 4 is 52.1 Å². The third kappa shape index (κ3) is 5.41. The number of aliphatic hydroxyl groups excluding tert-OH is 1. The highest BCUT2D eigenvalue weighted by Crippen LogP contribution is 2.60. The van der Waals surface area contributed by atoms with Gasteiger partial charge in [0.05, 0.1) is 22.6 Å². The second-order valence-corrected chi connectivity index (χ2v) is 12.6. The maximum absolute atomic E-state index is 16.4. The molecule has 45 heavy (non-hydrogen) atoms. The molecule has 1 aliphatic carbocycles. The number of amides is 1. The Balaban J connectivity index is 1.49. The van der Waals surface area contributed by atoms with Crippen molar-refractivity contribution in [2.45, 2.75) is 49.7 Å². The zero-order valence-electron chi connectivity index (χ0n) is 24.3. The van der Waals surface area contributed by atoms with E-state index in [1.165, 1.54) is 31.4 Å². The highest BCUT2D eigenvalue weighted by atomic mass is 35.5. The Bertz CT molecular complexity index is 1700. The molecule has 2 heterocycles. The molecule has 1 saturated carbocycles. The number of rotatable bonds is 10. The van der Waals surface area contributed by atoms with E-state index >= 15 is 4.39 Å². The van der Waals surface area contributed by atoms with Crippen LogP contribution in [0.1, 0.15) is 58.6 Å². The van der Waals surface area contributed by atoms with E-state index < -0.39 is 28.2 Å². The van der Waals surface area contributed by atoms with Gasteiger partial charge in [-0.3, -0.25) is 19.8 Å². The number of benzene rings is 3. The normalized spacial score (nSPS) is 22.4. The standard InChI is InChI=1S/C32H31Cl2FN4O6/c1-45-30(41)18-4-9-27(39(43)44)19(12-18)15-36-25-8-7-24(34)29(35)28(25)23-14-21(10-11-40)38(16-17-2-3-17)32(23)22-6-5-20(33)13-26(22)37-31(32)42/h4-9,12-13,17,21,23,36,40H,2-3,10-11,14-16H2,1H3,(H,37,42)/t21-,23+,32+/m0/s1. The van der Waals surface area contributed by atoms with Gasteiger partial charge in [-0.1, -0.05) is 29.3 Å². The maximum atomic E-state index is 16.4. The molecule has 0 aromatic heterocycles. The lowest BCUT2D eigenvalue weighted by atomic mass is 9.74. The summed E-state index contributed by atoms with van der Waals surface area (Å²) in [5, 5.41) is 28.3. The fraction of sp³-hybridized carbons (Fsp3) is 0.375. The van der Waals surface area contributed by atoms with E-state index in [-0.39, 0.29) is 52.5 Å². The molecule has 0 unspecified atom stereocenters. The van der Waals surface area contributed by atoms with Crippen molar-refractivity contribution < 1.29 is 28.7 Å². The number of likely N-dealkylation sites (tertiary alicyclic amines) is 1. The first-order valence-electron chi connectivity index (χ1n) is 14.7. The van der Waals surface area contributed by atoms with E-state index in [0.717, 1.165) is 12.8 Å². The molecule has 6 rings (SSSR count). The summed E-state index contributed by atoms with van der Waals surface area (Å²) in [6.45, 7) is 0.334. The Hall–Kier alpha value is -3.77. The molecule has 13 heteroatoms. The molecule has 1 saturated heterocycles. The van der Waals surface area contributed by atoms with Gasteiger partial charge in [-0.05, 0) is 68.0 Å². The van der Waals surface area contributed by atoms with Gasteiger partial charge in [0.25, 0.3) is 5.69 Å². The number of aliphatic hydroxyl groups is 1. The molecule has 236 valence electrons. The highest BCUT2D eigenvalue weighted by Gasteiger charge is 2.64. The minimum Gasteiger partial charge on any atom is -0.465 e. The van der Waals surface area contributed by atoms with Gasteiger partial charge in [0.1, 0.15) is 11.4 Å². The average molecular weight is 658 g/mol. The topological polar surface area (TPSA) is 134 Å². The Kier molecular flexibility index (Phi) is 8.47. The molecule has 3 N–H and O–H groups in total. The molecule has 3 aromatic carbocycles. The Morgan fingerprint density at radius 3 is 2.69 bits per heavy atom. The minimum absolute atomic E-state index is 0.118. The second-order valence-electron chi connectivity index (χ2n) is 11.7. The number of nitro benzene ring substituents is 1. The van der Waals surface area contributed by atoms with E-state index in [1.54, 1.807) is 24.3 Å². The summed E-state index contributed by atoms with van der Waals surface area (Å²) in [6, 6.07) is 11.8. The zero-order chi connectivity index (χ0) is 32.0. The summed E-state index contributed by atoms with van der Waals surface area (Å²) in [7, 11) is 1.21. The third-order valence-electron chi connectivity index (χ3n) is 9.15. The van der Waals surface area contributed by atoms with Crippen LogP contribution in [0.2, 0.25) is 10.0 Å². The lowest BCUT2D eigenvalue weighted by Gasteiger charge is -2.40. The number of hydrogen-bond acceptors (Lipinski definition) is 8. The lowest BCUT2D eigenvalue weighted by molar-refractivity contribution is -0.385. The SMILES string of the molecule is COC(=O)c1ccc([N+](=O)[O-])c(CNc2ccc(Cl)c(F)c2[C@H]2C[C@H](CCO)N(CC3CC3)[C@@]23C(=O)Nc2cc(Cl)ccc23)c1. The third-order valence-corrected chi connectivity index (χ3v) is 9.68. The van der Waals surface area contributed by atoms with Crippen molar-refractivity contribution in [2.24, 2.45) is 5.92 Å². The fourth-order valence-corrected chi connectivity index (χ4v) is 7.34. The number of carbonyl (C=O) groups excluding carboxylic acids is 2. The number of halogens is 3. The fourth-order valence-electron chi connectivity index (χ4n) is 7.00. The molecule has 1 amide bonds. The van der Waals surface area contributed by atoms with E-state index in [0.29, 0.717) is 47.3 Å². The molecule has 0 bridgehead atoms. The molecule has 2 aliphatic heterocycles. The molecule has 1 spiro atoms. The number of ether oxygens (including phenoxy) is 1. The van der Waals surface area contributed by atoms with Crippen LogP contribution in [0.3, 0.4) is 0 Å². The largest absolute Gasteiger partial charge is 0.465 e. The number of fused-ring (bicyclic) bond motifs is 2. The summed E-state index contributed by atoms with van der Waals surface area (Å²) in [5.74, 6) is -2.08. The number of nitrogens with one attached hydrogen (secondary N) is 2. The van der Waals surface area contributed by atoms with Crippen molar-refractivity contribution in [2.75, 3.05) is 30.9 Å². The lowest BCUT2D eigenvalue weighted by Crippen LogP contribution is -2.53. The quantitative estimate of drug-likeness (QED) is 0.133. The molecular formula is C32H31Cl2FN4O6. The maximum Gasteiger partial charge on any atom is 0.337 e. The Labute approximate surface area is 268 Å². The van der Waals surface area contributed by atoms with Crippen LogP contribution in [0.25, 0.3) is 0 Å². The minimum atomic E-state index is -1.33. The number of nitro groups is 1. The number of esters is 1. The Morgan fingerprint density at radius 2 is 2.00 bits per heavy atom. The molecule has 3 aromatic rings.